The molecule has 136 valence electrons. The Morgan fingerprint density at radius 1 is 0.963 bits per heavy atom. The van der Waals surface area contributed by atoms with Crippen LogP contribution in [0.4, 0.5) is 5.95 Å². The topological polar surface area (TPSA) is 54.9 Å². The molecule has 1 aromatic heterocycles. The molecule has 4 heteroatoms. The van der Waals surface area contributed by atoms with Crippen LogP contribution in [0.25, 0.3) is 0 Å². The molecule has 1 unspecified atom stereocenters. The number of nitrogens with zero attached hydrogens (tertiary/aromatic N) is 2. The second-order valence-corrected chi connectivity index (χ2v) is 7.18. The standard InChI is InChI=1S/C23H23N3O/c1-15-8-6-7-11-19(15)18-12-20-22(21(27)13-18)16(2)25-23(26-20)24-14-17-9-4-3-5-10-17/h3-11,18H,12-14H2,1-2H3,(H,24,25,26). The normalized spacial score (nSPS) is 16.1. The van der Waals surface area contributed by atoms with Crippen molar-refractivity contribution in [2.24, 2.45) is 0 Å². The number of nitrogens with one attached hydrogen (secondary N) is 1. The van der Waals surface area contributed by atoms with Crippen molar-refractivity contribution in [2.45, 2.75) is 39.2 Å². The van der Waals surface area contributed by atoms with Crippen LogP contribution < -0.4 is 5.32 Å². The summed E-state index contributed by atoms with van der Waals surface area (Å²) in [5.41, 5.74) is 5.99. The van der Waals surface area contributed by atoms with Crippen LogP contribution in [0.2, 0.25) is 0 Å². The Morgan fingerprint density at radius 3 is 2.48 bits per heavy atom. The molecule has 1 aliphatic rings. The van der Waals surface area contributed by atoms with E-state index >= 15 is 0 Å². The van der Waals surface area contributed by atoms with Gasteiger partial charge >= 0.3 is 0 Å². The predicted octanol–water partition coefficient (Wildman–Crippen LogP) is 4.62. The predicted molar refractivity (Wildman–Crippen MR) is 107 cm³/mol. The van der Waals surface area contributed by atoms with E-state index in [-0.39, 0.29) is 11.7 Å². The van der Waals surface area contributed by atoms with Crippen molar-refractivity contribution in [1.82, 2.24) is 9.97 Å². The van der Waals surface area contributed by atoms with Crippen LogP contribution in [0.15, 0.2) is 54.6 Å². The number of hydrogen-bond acceptors (Lipinski definition) is 4. The molecule has 0 fully saturated rings. The van der Waals surface area contributed by atoms with Gasteiger partial charge in [-0.1, -0.05) is 54.6 Å². The summed E-state index contributed by atoms with van der Waals surface area (Å²) in [6.45, 7) is 4.67. The van der Waals surface area contributed by atoms with Gasteiger partial charge in [0.15, 0.2) is 5.78 Å². The summed E-state index contributed by atoms with van der Waals surface area (Å²) < 4.78 is 0. The molecule has 1 N–H and O–H groups in total. The number of anilines is 1. The molecule has 0 radical (unpaired) electrons. The molecule has 1 atom stereocenters. The van der Waals surface area contributed by atoms with E-state index in [0.29, 0.717) is 24.5 Å². The fourth-order valence-electron chi connectivity index (χ4n) is 3.89. The zero-order valence-corrected chi connectivity index (χ0v) is 15.7. The van der Waals surface area contributed by atoms with Crippen molar-refractivity contribution in [3.8, 4) is 0 Å². The van der Waals surface area contributed by atoms with E-state index in [1.54, 1.807) is 0 Å². The van der Waals surface area contributed by atoms with E-state index in [9.17, 15) is 4.79 Å². The first kappa shape index (κ1) is 17.4. The summed E-state index contributed by atoms with van der Waals surface area (Å²) in [6, 6.07) is 18.5. The maximum atomic E-state index is 12.8. The lowest BCUT2D eigenvalue weighted by molar-refractivity contribution is 0.0962. The summed E-state index contributed by atoms with van der Waals surface area (Å²) in [5, 5.41) is 3.30. The van der Waals surface area contributed by atoms with Gasteiger partial charge in [0.2, 0.25) is 5.95 Å². The number of carbonyl (C=O) groups excluding carboxylic acids is 1. The van der Waals surface area contributed by atoms with Crippen molar-refractivity contribution in [3.05, 3.63) is 88.2 Å². The zero-order valence-electron chi connectivity index (χ0n) is 15.7. The van der Waals surface area contributed by atoms with Crippen molar-refractivity contribution in [2.75, 3.05) is 5.32 Å². The molecule has 3 aromatic rings. The van der Waals surface area contributed by atoms with E-state index in [0.717, 1.165) is 17.8 Å². The van der Waals surface area contributed by atoms with Crippen molar-refractivity contribution >= 4 is 11.7 Å². The molecular formula is C23H23N3O. The van der Waals surface area contributed by atoms with Crippen molar-refractivity contribution in [3.63, 3.8) is 0 Å². The maximum absolute atomic E-state index is 12.8. The van der Waals surface area contributed by atoms with E-state index in [1.807, 2.05) is 37.3 Å². The number of Topliss-reactive ketones (excluding diaryl/α,β-unsaturated/α-hetero) is 1. The van der Waals surface area contributed by atoms with E-state index in [2.05, 4.69) is 41.5 Å². The Hall–Kier alpha value is -3.01. The lowest BCUT2D eigenvalue weighted by Crippen LogP contribution is -2.23. The van der Waals surface area contributed by atoms with E-state index in [1.165, 1.54) is 16.7 Å². The van der Waals surface area contributed by atoms with Gasteiger partial charge in [-0.3, -0.25) is 4.79 Å². The van der Waals surface area contributed by atoms with Gasteiger partial charge in [0.05, 0.1) is 17.0 Å². The fraction of sp³-hybridized carbons (Fsp3) is 0.261. The summed E-state index contributed by atoms with van der Waals surface area (Å²) in [7, 11) is 0. The van der Waals surface area contributed by atoms with Gasteiger partial charge in [-0.2, -0.15) is 0 Å². The molecule has 1 aliphatic carbocycles. The third-order valence-electron chi connectivity index (χ3n) is 5.24. The number of ketones is 1. The first-order chi connectivity index (χ1) is 13.1. The van der Waals surface area contributed by atoms with Crippen LogP contribution >= 0.6 is 0 Å². The van der Waals surface area contributed by atoms with Crippen LogP contribution in [0, 0.1) is 13.8 Å². The number of carbonyl (C=O) groups is 1. The number of fused-ring (bicyclic) bond motifs is 1. The van der Waals surface area contributed by atoms with Crippen LogP contribution in [-0.4, -0.2) is 15.8 Å². The van der Waals surface area contributed by atoms with Crippen LogP contribution in [0.5, 0.6) is 0 Å². The second kappa shape index (κ2) is 7.31. The first-order valence-corrected chi connectivity index (χ1v) is 9.36. The lowest BCUT2D eigenvalue weighted by atomic mass is 9.80. The second-order valence-electron chi connectivity index (χ2n) is 7.18. The minimum Gasteiger partial charge on any atom is -0.350 e. The third-order valence-corrected chi connectivity index (χ3v) is 5.24. The van der Waals surface area contributed by atoms with Crippen molar-refractivity contribution < 1.29 is 4.79 Å². The number of aryl methyl sites for hydroxylation is 2. The summed E-state index contributed by atoms with van der Waals surface area (Å²) >= 11 is 0. The summed E-state index contributed by atoms with van der Waals surface area (Å²) in [4.78, 5) is 22.0. The molecule has 4 nitrogen and oxygen atoms in total. The summed E-state index contributed by atoms with van der Waals surface area (Å²) in [5.74, 6) is 0.924. The van der Waals surface area contributed by atoms with Crippen molar-refractivity contribution in [1.29, 1.82) is 0 Å². The number of benzene rings is 2. The molecule has 27 heavy (non-hydrogen) atoms. The molecule has 0 bridgehead atoms. The Labute approximate surface area is 159 Å². The van der Waals surface area contributed by atoms with Crippen LogP contribution in [0.1, 0.15) is 50.8 Å². The van der Waals surface area contributed by atoms with Gasteiger partial charge in [-0.15, -0.1) is 0 Å². The molecule has 0 spiro atoms. The maximum Gasteiger partial charge on any atom is 0.223 e. The Bertz CT molecular complexity index is 982. The zero-order chi connectivity index (χ0) is 18.8. The molecule has 4 rings (SSSR count). The van der Waals surface area contributed by atoms with E-state index in [4.69, 9.17) is 4.98 Å². The number of hydrogen-bond donors (Lipinski definition) is 1. The molecule has 0 amide bonds. The summed E-state index contributed by atoms with van der Waals surface area (Å²) in [6.07, 6.45) is 1.30. The third kappa shape index (κ3) is 3.61. The largest absolute Gasteiger partial charge is 0.350 e. The number of aromatic nitrogens is 2. The quantitative estimate of drug-likeness (QED) is 0.740. The van der Waals surface area contributed by atoms with Crippen LogP contribution in [-0.2, 0) is 13.0 Å². The average molecular weight is 357 g/mol. The van der Waals surface area contributed by atoms with Gasteiger partial charge in [-0.25, -0.2) is 9.97 Å². The van der Waals surface area contributed by atoms with Gasteiger partial charge < -0.3 is 5.32 Å². The molecule has 0 aliphatic heterocycles. The average Bonchev–Trinajstić information content (AvgIpc) is 2.67. The molecule has 0 saturated heterocycles. The van der Waals surface area contributed by atoms with Crippen LogP contribution in [0.3, 0.4) is 0 Å². The number of rotatable bonds is 4. The van der Waals surface area contributed by atoms with Gasteiger partial charge in [0, 0.05) is 13.0 Å². The lowest BCUT2D eigenvalue weighted by Gasteiger charge is -2.25. The minimum atomic E-state index is 0.150. The highest BCUT2D eigenvalue weighted by Crippen LogP contribution is 2.34. The minimum absolute atomic E-state index is 0.150. The monoisotopic (exact) mass is 357 g/mol. The SMILES string of the molecule is Cc1ccccc1C1CC(=O)c2c(C)nc(NCc3ccccc3)nc2C1. The molecule has 2 aromatic carbocycles. The Morgan fingerprint density at radius 2 is 1.70 bits per heavy atom. The van der Waals surface area contributed by atoms with Gasteiger partial charge in [0.25, 0.3) is 0 Å². The molecular weight excluding hydrogens is 334 g/mol. The Balaban J connectivity index is 1.61. The fourth-order valence-corrected chi connectivity index (χ4v) is 3.89. The van der Waals surface area contributed by atoms with Gasteiger partial charge in [0.1, 0.15) is 0 Å². The highest BCUT2D eigenvalue weighted by Gasteiger charge is 2.30. The van der Waals surface area contributed by atoms with Gasteiger partial charge in [-0.05, 0) is 42.9 Å². The smallest absolute Gasteiger partial charge is 0.223 e. The Kier molecular flexibility index (Phi) is 4.71. The van der Waals surface area contributed by atoms with E-state index < -0.39 is 0 Å². The highest BCUT2D eigenvalue weighted by molar-refractivity contribution is 5.99. The highest BCUT2D eigenvalue weighted by atomic mass is 16.1. The first-order valence-electron chi connectivity index (χ1n) is 9.36. The molecule has 0 saturated carbocycles. The molecule has 1 heterocycles.